The summed E-state index contributed by atoms with van der Waals surface area (Å²) in [4.78, 5) is 25.0. The molecule has 1 saturated heterocycles. The van der Waals surface area contributed by atoms with Crippen LogP contribution in [0.4, 0.5) is 5.69 Å². The van der Waals surface area contributed by atoms with E-state index in [0.29, 0.717) is 19.8 Å². The number of hydrogen-bond donors (Lipinski definition) is 1. The summed E-state index contributed by atoms with van der Waals surface area (Å²) >= 11 is 5.85. The average Bonchev–Trinajstić information content (AvgIpc) is 2.53. The van der Waals surface area contributed by atoms with Crippen molar-refractivity contribution in [1.82, 2.24) is 10.2 Å². The van der Waals surface area contributed by atoms with Crippen LogP contribution in [0.1, 0.15) is 24.2 Å². The van der Waals surface area contributed by atoms with E-state index in [1.807, 2.05) is 13.8 Å². The van der Waals surface area contributed by atoms with Gasteiger partial charge < -0.3 is 10.1 Å². The van der Waals surface area contributed by atoms with Gasteiger partial charge in [-0.3, -0.25) is 19.8 Å². The number of halogens is 1. The fourth-order valence-electron chi connectivity index (χ4n) is 2.52. The summed E-state index contributed by atoms with van der Waals surface area (Å²) in [6.45, 7) is 7.32. The number of nitro benzene ring substituents is 1. The van der Waals surface area contributed by atoms with Crippen LogP contribution in [-0.4, -0.2) is 54.1 Å². The van der Waals surface area contributed by atoms with Crippen molar-refractivity contribution in [2.75, 3.05) is 32.8 Å². The van der Waals surface area contributed by atoms with Crippen molar-refractivity contribution >= 4 is 23.2 Å². The largest absolute Gasteiger partial charge is 0.379 e. The third-order valence-electron chi connectivity index (χ3n) is 3.95. The lowest BCUT2D eigenvalue weighted by Crippen LogP contribution is -2.55. The highest BCUT2D eigenvalue weighted by Gasteiger charge is 2.29. The maximum absolute atomic E-state index is 12.3. The third-order valence-corrected chi connectivity index (χ3v) is 4.18. The summed E-state index contributed by atoms with van der Waals surface area (Å²) in [6, 6.07) is 3.95. The second-order valence-electron chi connectivity index (χ2n) is 6.01. The normalized spacial score (nSPS) is 16.1. The molecule has 7 nitrogen and oxygen atoms in total. The fourth-order valence-corrected chi connectivity index (χ4v) is 2.69. The molecule has 0 atom stereocenters. The molecule has 1 aromatic carbocycles. The van der Waals surface area contributed by atoms with Gasteiger partial charge in [0.15, 0.2) is 0 Å². The van der Waals surface area contributed by atoms with E-state index in [2.05, 4.69) is 10.2 Å². The van der Waals surface area contributed by atoms with E-state index < -0.39 is 10.8 Å². The summed E-state index contributed by atoms with van der Waals surface area (Å²) in [5.74, 6) is -0.500. The van der Waals surface area contributed by atoms with Gasteiger partial charge >= 0.3 is 0 Å². The Morgan fingerprint density at radius 1 is 1.43 bits per heavy atom. The van der Waals surface area contributed by atoms with Crippen molar-refractivity contribution in [2.45, 2.75) is 19.4 Å². The molecule has 1 aliphatic heterocycles. The summed E-state index contributed by atoms with van der Waals surface area (Å²) in [7, 11) is 0. The standard InChI is InChI=1S/C15H20ClN3O4/c1-15(2,18-5-7-23-8-6-18)10-17-14(20)12-9-11(16)3-4-13(12)19(21)22/h3-4,9H,5-8,10H2,1-2H3,(H,17,20). The number of amides is 1. The van der Waals surface area contributed by atoms with Gasteiger partial charge in [-0.05, 0) is 26.0 Å². The Bertz CT molecular complexity index is 600. The maximum Gasteiger partial charge on any atom is 0.282 e. The number of ether oxygens (including phenoxy) is 1. The zero-order valence-corrected chi connectivity index (χ0v) is 13.9. The van der Waals surface area contributed by atoms with Crippen LogP contribution in [0.2, 0.25) is 5.02 Å². The number of rotatable bonds is 5. The van der Waals surface area contributed by atoms with Gasteiger partial charge in [0.1, 0.15) is 5.56 Å². The maximum atomic E-state index is 12.3. The predicted molar refractivity (Wildman–Crippen MR) is 86.9 cm³/mol. The van der Waals surface area contributed by atoms with Gasteiger partial charge in [0.05, 0.1) is 18.1 Å². The van der Waals surface area contributed by atoms with Crippen LogP contribution < -0.4 is 5.32 Å². The molecule has 1 heterocycles. The first-order valence-corrected chi connectivity index (χ1v) is 7.74. The molecule has 126 valence electrons. The van der Waals surface area contributed by atoms with Gasteiger partial charge in [-0.15, -0.1) is 0 Å². The van der Waals surface area contributed by atoms with Crippen molar-refractivity contribution in [3.05, 3.63) is 38.9 Å². The number of morpholine rings is 1. The van der Waals surface area contributed by atoms with Crippen LogP contribution in [0.25, 0.3) is 0 Å². The van der Waals surface area contributed by atoms with E-state index >= 15 is 0 Å². The van der Waals surface area contributed by atoms with Crippen molar-refractivity contribution in [1.29, 1.82) is 0 Å². The Morgan fingerprint density at radius 2 is 2.09 bits per heavy atom. The summed E-state index contributed by atoms with van der Waals surface area (Å²) < 4.78 is 5.33. The van der Waals surface area contributed by atoms with E-state index in [9.17, 15) is 14.9 Å². The molecule has 0 saturated carbocycles. The zero-order valence-electron chi connectivity index (χ0n) is 13.2. The third kappa shape index (κ3) is 4.40. The van der Waals surface area contributed by atoms with Crippen LogP contribution in [0.15, 0.2) is 18.2 Å². The quantitative estimate of drug-likeness (QED) is 0.654. The first-order valence-electron chi connectivity index (χ1n) is 7.36. The predicted octanol–water partition coefficient (Wildman–Crippen LogP) is 2.09. The second kappa shape index (κ2) is 7.25. The minimum absolute atomic E-state index is 0.0275. The summed E-state index contributed by atoms with van der Waals surface area (Å²) in [5, 5.41) is 14.1. The first-order chi connectivity index (χ1) is 10.8. The molecular weight excluding hydrogens is 322 g/mol. The van der Waals surface area contributed by atoms with Crippen molar-refractivity contribution in [2.24, 2.45) is 0 Å². The Balaban J connectivity index is 2.07. The molecule has 0 aromatic heterocycles. The van der Waals surface area contributed by atoms with Gasteiger partial charge in [0.25, 0.3) is 11.6 Å². The number of carbonyl (C=O) groups excluding carboxylic acids is 1. The molecule has 1 aliphatic rings. The van der Waals surface area contributed by atoms with E-state index in [4.69, 9.17) is 16.3 Å². The molecule has 23 heavy (non-hydrogen) atoms. The highest BCUT2D eigenvalue weighted by molar-refractivity contribution is 6.31. The lowest BCUT2D eigenvalue weighted by Gasteiger charge is -2.40. The van der Waals surface area contributed by atoms with E-state index in [0.717, 1.165) is 13.1 Å². The first kappa shape index (κ1) is 17.7. The zero-order chi connectivity index (χ0) is 17.0. The Morgan fingerprint density at radius 3 is 2.70 bits per heavy atom. The highest BCUT2D eigenvalue weighted by atomic mass is 35.5. The molecule has 0 radical (unpaired) electrons. The van der Waals surface area contributed by atoms with Crippen LogP contribution in [-0.2, 0) is 4.74 Å². The molecule has 1 N–H and O–H groups in total. The molecule has 2 rings (SSSR count). The van der Waals surface area contributed by atoms with Crippen LogP contribution in [0, 0.1) is 10.1 Å². The Labute approximate surface area is 139 Å². The topological polar surface area (TPSA) is 84.7 Å². The SMILES string of the molecule is CC(C)(CNC(=O)c1cc(Cl)ccc1[N+](=O)[O-])N1CCOCC1. The van der Waals surface area contributed by atoms with Gasteiger partial charge in [0, 0.05) is 36.3 Å². The van der Waals surface area contributed by atoms with Gasteiger partial charge in [0.2, 0.25) is 0 Å². The number of carbonyl (C=O) groups is 1. The van der Waals surface area contributed by atoms with Gasteiger partial charge in [-0.1, -0.05) is 11.6 Å². The fraction of sp³-hybridized carbons (Fsp3) is 0.533. The van der Waals surface area contributed by atoms with Crippen LogP contribution >= 0.6 is 11.6 Å². The van der Waals surface area contributed by atoms with E-state index in [1.165, 1.54) is 18.2 Å². The van der Waals surface area contributed by atoms with Crippen molar-refractivity contribution < 1.29 is 14.5 Å². The number of benzene rings is 1. The van der Waals surface area contributed by atoms with Gasteiger partial charge in [-0.25, -0.2) is 0 Å². The van der Waals surface area contributed by atoms with Crippen molar-refractivity contribution in [3.8, 4) is 0 Å². The summed E-state index contributed by atoms with van der Waals surface area (Å²) in [6.07, 6.45) is 0. The molecule has 1 fully saturated rings. The van der Waals surface area contributed by atoms with Crippen LogP contribution in [0.3, 0.4) is 0 Å². The van der Waals surface area contributed by atoms with Crippen molar-refractivity contribution in [3.63, 3.8) is 0 Å². The molecule has 0 unspecified atom stereocenters. The number of nitro groups is 1. The van der Waals surface area contributed by atoms with E-state index in [-0.39, 0.29) is 21.8 Å². The Kier molecular flexibility index (Phi) is 5.56. The minimum Gasteiger partial charge on any atom is -0.379 e. The molecule has 8 heteroatoms. The molecule has 1 aromatic rings. The highest BCUT2D eigenvalue weighted by Crippen LogP contribution is 2.23. The monoisotopic (exact) mass is 341 g/mol. The summed E-state index contributed by atoms with van der Waals surface area (Å²) in [5.41, 5.74) is -0.552. The van der Waals surface area contributed by atoms with Crippen LogP contribution in [0.5, 0.6) is 0 Å². The number of nitrogens with one attached hydrogen (secondary N) is 1. The Hall–Kier alpha value is -1.70. The smallest absolute Gasteiger partial charge is 0.282 e. The molecule has 0 aliphatic carbocycles. The lowest BCUT2D eigenvalue weighted by molar-refractivity contribution is -0.385. The molecular formula is C15H20ClN3O4. The average molecular weight is 342 g/mol. The van der Waals surface area contributed by atoms with E-state index in [1.54, 1.807) is 0 Å². The molecule has 1 amide bonds. The number of nitrogens with zero attached hydrogens (tertiary/aromatic N) is 2. The number of hydrogen-bond acceptors (Lipinski definition) is 5. The second-order valence-corrected chi connectivity index (χ2v) is 6.45. The molecule has 0 bridgehead atoms. The van der Waals surface area contributed by atoms with Gasteiger partial charge in [-0.2, -0.15) is 0 Å². The lowest BCUT2D eigenvalue weighted by atomic mass is 10.0. The minimum atomic E-state index is -0.585. The molecule has 0 spiro atoms.